The molecule has 1 rings (SSSR count). The van der Waals surface area contributed by atoms with Gasteiger partial charge in [-0.2, -0.15) is 12.6 Å². The van der Waals surface area contributed by atoms with Gasteiger partial charge in [-0.15, -0.1) is 0 Å². The molecular formula is C6H9NO2S. The number of amides is 2. The van der Waals surface area contributed by atoms with Crippen molar-refractivity contribution in [1.29, 1.82) is 0 Å². The lowest BCUT2D eigenvalue weighted by Crippen LogP contribution is -2.28. The van der Waals surface area contributed by atoms with E-state index in [0.717, 1.165) is 0 Å². The van der Waals surface area contributed by atoms with Gasteiger partial charge in [0.15, 0.2) is 0 Å². The molecule has 3 nitrogen and oxygen atoms in total. The van der Waals surface area contributed by atoms with Crippen molar-refractivity contribution in [3.8, 4) is 0 Å². The Kier molecular flexibility index (Phi) is 1.51. The van der Waals surface area contributed by atoms with E-state index in [9.17, 15) is 9.59 Å². The first-order chi connectivity index (χ1) is 4.46. The third kappa shape index (κ3) is 0.831. The third-order valence-corrected chi connectivity index (χ3v) is 2.63. The summed E-state index contributed by atoms with van der Waals surface area (Å²) in [5, 5.41) is 1.70. The normalized spacial score (nSPS) is 30.5. The maximum Gasteiger partial charge on any atom is 0.240 e. The van der Waals surface area contributed by atoms with Gasteiger partial charge in [-0.3, -0.25) is 14.9 Å². The lowest BCUT2D eigenvalue weighted by Gasteiger charge is -2.15. The molecule has 0 aliphatic carbocycles. The Bertz CT molecular complexity index is 200. The van der Waals surface area contributed by atoms with E-state index < -0.39 is 10.7 Å². The van der Waals surface area contributed by atoms with Crippen molar-refractivity contribution in [2.24, 2.45) is 5.41 Å². The Morgan fingerprint density at radius 1 is 1.50 bits per heavy atom. The Morgan fingerprint density at radius 2 is 2.00 bits per heavy atom. The van der Waals surface area contributed by atoms with Gasteiger partial charge in [0.2, 0.25) is 11.8 Å². The van der Waals surface area contributed by atoms with Gasteiger partial charge in [-0.25, -0.2) is 0 Å². The summed E-state index contributed by atoms with van der Waals surface area (Å²) in [7, 11) is 0. The first kappa shape index (κ1) is 7.60. The monoisotopic (exact) mass is 159 g/mol. The Hall–Kier alpha value is -0.510. The molecule has 1 aliphatic rings. The minimum Gasteiger partial charge on any atom is -0.295 e. The molecule has 1 N–H and O–H groups in total. The number of rotatable bonds is 0. The number of imide groups is 1. The largest absolute Gasteiger partial charge is 0.295 e. The molecule has 1 heterocycles. The zero-order valence-corrected chi connectivity index (χ0v) is 6.74. The number of hydrogen-bond donors (Lipinski definition) is 2. The standard InChI is InChI=1S/C6H9NO2S/c1-6(2)3(10)4(8)7-5(6)9/h3,10H,1-2H3,(H,7,8,9). The van der Waals surface area contributed by atoms with Crippen LogP contribution < -0.4 is 5.32 Å². The number of nitrogens with one attached hydrogen (secondary N) is 1. The van der Waals surface area contributed by atoms with Crippen molar-refractivity contribution in [3.63, 3.8) is 0 Å². The van der Waals surface area contributed by atoms with Crippen LogP contribution in [0.4, 0.5) is 0 Å². The lowest BCUT2D eigenvalue weighted by atomic mass is 9.91. The number of thiol groups is 1. The highest BCUT2D eigenvalue weighted by molar-refractivity contribution is 7.82. The second-order valence-corrected chi connectivity index (χ2v) is 3.46. The van der Waals surface area contributed by atoms with Crippen LogP contribution in [0.3, 0.4) is 0 Å². The molecule has 0 aromatic carbocycles. The van der Waals surface area contributed by atoms with Gasteiger partial charge in [-0.1, -0.05) is 0 Å². The zero-order chi connectivity index (χ0) is 7.94. The highest BCUT2D eigenvalue weighted by Gasteiger charge is 2.46. The van der Waals surface area contributed by atoms with Crippen LogP contribution in [-0.4, -0.2) is 17.1 Å². The molecule has 56 valence electrons. The molecule has 1 unspecified atom stereocenters. The Labute approximate surface area is 64.6 Å². The van der Waals surface area contributed by atoms with E-state index >= 15 is 0 Å². The van der Waals surface area contributed by atoms with Crippen LogP contribution in [0, 0.1) is 5.41 Å². The zero-order valence-electron chi connectivity index (χ0n) is 5.84. The summed E-state index contributed by atoms with van der Waals surface area (Å²) in [4.78, 5) is 21.7. The van der Waals surface area contributed by atoms with Gasteiger partial charge in [0.1, 0.15) is 0 Å². The van der Waals surface area contributed by atoms with Gasteiger partial charge < -0.3 is 0 Å². The van der Waals surface area contributed by atoms with Gasteiger partial charge >= 0.3 is 0 Å². The smallest absolute Gasteiger partial charge is 0.240 e. The number of carbonyl (C=O) groups excluding carboxylic acids is 2. The number of carbonyl (C=O) groups is 2. The van der Waals surface area contributed by atoms with Crippen LogP contribution in [-0.2, 0) is 9.59 Å². The SMILES string of the molecule is CC1(C)C(=O)NC(=O)C1S. The minimum atomic E-state index is -0.653. The van der Waals surface area contributed by atoms with Gasteiger partial charge in [-0.05, 0) is 13.8 Å². The molecule has 1 atom stereocenters. The average molecular weight is 159 g/mol. The molecule has 0 aromatic heterocycles. The highest BCUT2D eigenvalue weighted by Crippen LogP contribution is 2.29. The van der Waals surface area contributed by atoms with E-state index in [0.29, 0.717) is 0 Å². The lowest BCUT2D eigenvalue weighted by molar-refractivity contribution is -0.127. The van der Waals surface area contributed by atoms with Crippen molar-refractivity contribution < 1.29 is 9.59 Å². The second-order valence-electron chi connectivity index (χ2n) is 2.94. The summed E-state index contributed by atoms with van der Waals surface area (Å²) < 4.78 is 0. The summed E-state index contributed by atoms with van der Waals surface area (Å²) >= 11 is 3.99. The Balaban J connectivity index is 2.96. The summed E-state index contributed by atoms with van der Waals surface area (Å²) in [6, 6.07) is 0. The van der Waals surface area contributed by atoms with Crippen molar-refractivity contribution >= 4 is 24.4 Å². The number of hydrogen-bond acceptors (Lipinski definition) is 3. The van der Waals surface area contributed by atoms with Crippen molar-refractivity contribution in [3.05, 3.63) is 0 Å². The highest BCUT2D eigenvalue weighted by atomic mass is 32.1. The first-order valence-electron chi connectivity index (χ1n) is 2.99. The summed E-state index contributed by atoms with van der Waals surface area (Å²) in [5.74, 6) is -0.532. The van der Waals surface area contributed by atoms with Gasteiger partial charge in [0.25, 0.3) is 0 Å². The van der Waals surface area contributed by atoms with Crippen molar-refractivity contribution in [2.75, 3.05) is 0 Å². The molecule has 0 spiro atoms. The molecule has 1 fully saturated rings. The topological polar surface area (TPSA) is 46.2 Å². The molecule has 2 amide bonds. The quantitative estimate of drug-likeness (QED) is 0.385. The molecule has 1 aliphatic heterocycles. The van der Waals surface area contributed by atoms with E-state index in [4.69, 9.17) is 0 Å². The van der Waals surface area contributed by atoms with E-state index in [1.165, 1.54) is 0 Å². The van der Waals surface area contributed by atoms with E-state index in [1.54, 1.807) is 13.8 Å². The minimum absolute atomic E-state index is 0.238. The molecule has 0 aromatic rings. The fourth-order valence-electron chi connectivity index (χ4n) is 0.793. The van der Waals surface area contributed by atoms with Crippen molar-refractivity contribution in [1.82, 2.24) is 5.32 Å². The van der Waals surface area contributed by atoms with Crippen LogP contribution in [0.2, 0.25) is 0 Å². The molecule has 0 saturated carbocycles. The van der Waals surface area contributed by atoms with E-state index in [2.05, 4.69) is 17.9 Å². The van der Waals surface area contributed by atoms with Gasteiger partial charge in [0, 0.05) is 0 Å². The average Bonchev–Trinajstić information content (AvgIpc) is 1.97. The summed E-state index contributed by atoms with van der Waals surface area (Å²) in [6.07, 6.45) is 0. The van der Waals surface area contributed by atoms with Crippen LogP contribution in [0.5, 0.6) is 0 Å². The molecule has 10 heavy (non-hydrogen) atoms. The second kappa shape index (κ2) is 1.99. The molecule has 4 heteroatoms. The fourth-order valence-corrected chi connectivity index (χ4v) is 0.975. The van der Waals surface area contributed by atoms with Crippen molar-refractivity contribution in [2.45, 2.75) is 19.1 Å². The maximum atomic E-state index is 10.9. The van der Waals surface area contributed by atoms with E-state index in [1.807, 2.05) is 0 Å². The van der Waals surface area contributed by atoms with E-state index in [-0.39, 0.29) is 11.8 Å². The predicted molar refractivity (Wildman–Crippen MR) is 39.7 cm³/mol. The van der Waals surface area contributed by atoms with Gasteiger partial charge in [0.05, 0.1) is 10.7 Å². The Morgan fingerprint density at radius 3 is 2.10 bits per heavy atom. The maximum absolute atomic E-state index is 10.9. The molecule has 1 saturated heterocycles. The summed E-state index contributed by atoms with van der Waals surface area (Å²) in [5.41, 5.74) is -0.653. The summed E-state index contributed by atoms with van der Waals surface area (Å²) in [6.45, 7) is 3.40. The molecule has 0 bridgehead atoms. The fraction of sp³-hybridized carbons (Fsp3) is 0.667. The van der Waals surface area contributed by atoms with Crippen LogP contribution in [0.15, 0.2) is 0 Å². The third-order valence-electron chi connectivity index (χ3n) is 1.75. The van der Waals surface area contributed by atoms with Crippen LogP contribution in [0.25, 0.3) is 0 Å². The molecular weight excluding hydrogens is 150 g/mol. The van der Waals surface area contributed by atoms with Crippen LogP contribution in [0.1, 0.15) is 13.8 Å². The first-order valence-corrected chi connectivity index (χ1v) is 3.51. The molecule has 0 radical (unpaired) electrons. The predicted octanol–water partition coefficient (Wildman–Crippen LogP) is -0.0326. The van der Waals surface area contributed by atoms with Crippen LogP contribution >= 0.6 is 12.6 Å².